The topological polar surface area (TPSA) is 61.4 Å². The van der Waals surface area contributed by atoms with Crippen LogP contribution in [0.1, 0.15) is 18.9 Å². The largest absolute Gasteiger partial charge is 0.416 e. The highest BCUT2D eigenvalue weighted by Gasteiger charge is 2.29. The number of alkyl halides is 3. The van der Waals surface area contributed by atoms with Crippen LogP contribution in [-0.4, -0.2) is 23.8 Å². The molecule has 19 heavy (non-hydrogen) atoms. The Balaban J connectivity index is 2.47. The van der Waals surface area contributed by atoms with E-state index in [0.29, 0.717) is 6.42 Å². The van der Waals surface area contributed by atoms with Crippen molar-refractivity contribution in [2.45, 2.75) is 25.6 Å². The van der Waals surface area contributed by atoms with Gasteiger partial charge in [0.15, 0.2) is 0 Å². The average molecular weight is 276 g/mol. The van der Waals surface area contributed by atoms with Crippen LogP contribution in [0.25, 0.3) is 0 Å². The number of amides is 2. The molecule has 7 heteroatoms. The van der Waals surface area contributed by atoms with E-state index >= 15 is 0 Å². The van der Waals surface area contributed by atoms with Gasteiger partial charge in [0, 0.05) is 12.2 Å². The minimum atomic E-state index is -4.39. The van der Waals surface area contributed by atoms with Gasteiger partial charge < -0.3 is 15.7 Å². The summed E-state index contributed by atoms with van der Waals surface area (Å²) in [4.78, 5) is 11.3. The monoisotopic (exact) mass is 276 g/mol. The minimum absolute atomic E-state index is 0.266. The highest BCUT2D eigenvalue weighted by Crippen LogP contribution is 2.29. The van der Waals surface area contributed by atoms with Gasteiger partial charge in [-0.25, -0.2) is 4.79 Å². The van der Waals surface area contributed by atoms with E-state index in [0.717, 1.165) is 12.1 Å². The number of aliphatic hydroxyl groups is 1. The fraction of sp³-hybridized carbons (Fsp3) is 0.417. The third-order valence-corrected chi connectivity index (χ3v) is 2.32. The Morgan fingerprint density at radius 3 is 2.37 bits per heavy atom. The smallest absolute Gasteiger partial charge is 0.393 e. The zero-order valence-corrected chi connectivity index (χ0v) is 10.3. The molecule has 0 heterocycles. The quantitative estimate of drug-likeness (QED) is 0.791. The van der Waals surface area contributed by atoms with Crippen LogP contribution in [-0.2, 0) is 6.18 Å². The Labute approximate surface area is 108 Å². The van der Waals surface area contributed by atoms with Crippen LogP contribution in [0.4, 0.5) is 23.7 Å². The van der Waals surface area contributed by atoms with Crippen LogP contribution in [0.5, 0.6) is 0 Å². The first-order valence-electron chi connectivity index (χ1n) is 5.69. The Morgan fingerprint density at radius 1 is 1.32 bits per heavy atom. The molecule has 1 atom stereocenters. The first-order chi connectivity index (χ1) is 8.79. The summed E-state index contributed by atoms with van der Waals surface area (Å²) >= 11 is 0. The second-order valence-corrected chi connectivity index (χ2v) is 4.09. The number of nitrogens with one attached hydrogen (secondary N) is 2. The van der Waals surface area contributed by atoms with E-state index in [1.54, 1.807) is 6.92 Å². The van der Waals surface area contributed by atoms with E-state index in [9.17, 15) is 18.0 Å². The Morgan fingerprint density at radius 2 is 1.89 bits per heavy atom. The molecule has 1 rings (SSSR count). The highest BCUT2D eigenvalue weighted by molar-refractivity contribution is 5.89. The van der Waals surface area contributed by atoms with Crippen molar-refractivity contribution in [3.63, 3.8) is 0 Å². The number of anilines is 1. The zero-order valence-electron chi connectivity index (χ0n) is 10.3. The summed E-state index contributed by atoms with van der Waals surface area (Å²) in [5, 5.41) is 13.9. The normalized spacial score (nSPS) is 12.9. The van der Waals surface area contributed by atoms with Gasteiger partial charge in [-0.05, 0) is 37.6 Å². The second kappa shape index (κ2) is 6.42. The van der Waals surface area contributed by atoms with E-state index in [2.05, 4.69) is 10.6 Å². The molecule has 0 saturated carbocycles. The summed E-state index contributed by atoms with van der Waals surface area (Å²) in [6.07, 6.45) is -4.51. The van der Waals surface area contributed by atoms with Gasteiger partial charge >= 0.3 is 12.2 Å². The van der Waals surface area contributed by atoms with E-state index in [1.165, 1.54) is 12.1 Å². The molecule has 0 aliphatic rings. The lowest BCUT2D eigenvalue weighted by Gasteiger charge is -2.10. The lowest BCUT2D eigenvalue weighted by molar-refractivity contribution is -0.137. The van der Waals surface area contributed by atoms with Crippen LogP contribution in [0.3, 0.4) is 0 Å². The summed E-state index contributed by atoms with van der Waals surface area (Å²) in [7, 11) is 0. The fourth-order valence-electron chi connectivity index (χ4n) is 1.31. The number of hydrogen-bond donors (Lipinski definition) is 3. The molecule has 0 aromatic heterocycles. The molecule has 1 aromatic rings. The van der Waals surface area contributed by atoms with Gasteiger partial charge in [0.05, 0.1) is 11.7 Å². The van der Waals surface area contributed by atoms with Crippen molar-refractivity contribution in [3.05, 3.63) is 29.8 Å². The summed E-state index contributed by atoms with van der Waals surface area (Å²) in [6, 6.07) is 3.62. The molecule has 0 saturated heterocycles. The van der Waals surface area contributed by atoms with Gasteiger partial charge in [0.2, 0.25) is 0 Å². The third kappa shape index (κ3) is 5.60. The lowest BCUT2D eigenvalue weighted by atomic mass is 10.2. The summed E-state index contributed by atoms with van der Waals surface area (Å²) in [5.74, 6) is 0. The van der Waals surface area contributed by atoms with Crippen molar-refractivity contribution in [3.8, 4) is 0 Å². The molecule has 0 aliphatic heterocycles. The number of rotatable bonds is 4. The molecular weight excluding hydrogens is 261 g/mol. The maximum Gasteiger partial charge on any atom is 0.416 e. The molecule has 0 spiro atoms. The molecular formula is C12H15F3N2O2. The molecule has 0 radical (unpaired) electrons. The number of halogens is 3. The van der Waals surface area contributed by atoms with Crippen molar-refractivity contribution in [1.29, 1.82) is 0 Å². The van der Waals surface area contributed by atoms with E-state index in [-0.39, 0.29) is 12.2 Å². The number of urea groups is 1. The van der Waals surface area contributed by atoms with Crippen molar-refractivity contribution >= 4 is 11.7 Å². The number of benzene rings is 1. The summed E-state index contributed by atoms with van der Waals surface area (Å²) in [5.41, 5.74) is -0.505. The van der Waals surface area contributed by atoms with Crippen molar-refractivity contribution in [2.24, 2.45) is 0 Å². The highest BCUT2D eigenvalue weighted by atomic mass is 19.4. The van der Waals surface area contributed by atoms with Crippen molar-refractivity contribution in [1.82, 2.24) is 5.32 Å². The number of carbonyl (C=O) groups excluding carboxylic acids is 1. The van der Waals surface area contributed by atoms with Gasteiger partial charge in [-0.15, -0.1) is 0 Å². The summed E-state index contributed by atoms with van der Waals surface area (Å²) in [6.45, 7) is 1.87. The molecule has 1 aromatic carbocycles. The average Bonchev–Trinajstić information content (AvgIpc) is 2.27. The van der Waals surface area contributed by atoms with Gasteiger partial charge in [-0.3, -0.25) is 0 Å². The van der Waals surface area contributed by atoms with E-state index in [1.807, 2.05) is 0 Å². The minimum Gasteiger partial charge on any atom is -0.393 e. The molecule has 0 aliphatic carbocycles. The molecule has 106 valence electrons. The maximum absolute atomic E-state index is 12.3. The standard InChI is InChI=1S/C12H15F3N2O2/c1-8(18)6-7-16-11(19)17-10-4-2-9(3-5-10)12(13,14)15/h2-5,8,18H,6-7H2,1H3,(H2,16,17,19). The molecule has 2 amide bonds. The van der Waals surface area contributed by atoms with Crippen molar-refractivity contribution < 1.29 is 23.1 Å². The van der Waals surface area contributed by atoms with E-state index in [4.69, 9.17) is 5.11 Å². The Bertz CT molecular complexity index is 416. The summed E-state index contributed by atoms with van der Waals surface area (Å²) < 4.78 is 36.9. The molecule has 0 fully saturated rings. The van der Waals surface area contributed by atoms with Gasteiger partial charge in [0.25, 0.3) is 0 Å². The Hall–Kier alpha value is -1.76. The predicted molar refractivity (Wildman–Crippen MR) is 64.8 cm³/mol. The molecule has 3 N–H and O–H groups in total. The third-order valence-electron chi connectivity index (χ3n) is 2.32. The van der Waals surface area contributed by atoms with E-state index < -0.39 is 23.9 Å². The van der Waals surface area contributed by atoms with Gasteiger partial charge in [-0.2, -0.15) is 13.2 Å². The lowest BCUT2D eigenvalue weighted by Crippen LogP contribution is -2.30. The van der Waals surface area contributed by atoms with Crippen LogP contribution < -0.4 is 10.6 Å². The van der Waals surface area contributed by atoms with Crippen LogP contribution >= 0.6 is 0 Å². The number of hydrogen-bond acceptors (Lipinski definition) is 2. The number of aliphatic hydroxyl groups excluding tert-OH is 1. The molecule has 1 unspecified atom stereocenters. The predicted octanol–water partition coefficient (Wildman–Crippen LogP) is 2.60. The molecule has 0 bridgehead atoms. The first-order valence-corrected chi connectivity index (χ1v) is 5.69. The zero-order chi connectivity index (χ0) is 14.5. The fourth-order valence-corrected chi connectivity index (χ4v) is 1.31. The van der Waals surface area contributed by atoms with Crippen LogP contribution in [0, 0.1) is 0 Å². The van der Waals surface area contributed by atoms with Crippen molar-refractivity contribution in [2.75, 3.05) is 11.9 Å². The van der Waals surface area contributed by atoms with Crippen LogP contribution in [0.15, 0.2) is 24.3 Å². The van der Waals surface area contributed by atoms with Crippen LogP contribution in [0.2, 0.25) is 0 Å². The second-order valence-electron chi connectivity index (χ2n) is 4.09. The SMILES string of the molecule is CC(O)CCNC(=O)Nc1ccc(C(F)(F)F)cc1. The van der Waals surface area contributed by atoms with Gasteiger partial charge in [0.1, 0.15) is 0 Å². The number of carbonyl (C=O) groups is 1. The first kappa shape index (κ1) is 15.3. The maximum atomic E-state index is 12.3. The van der Waals surface area contributed by atoms with Gasteiger partial charge in [-0.1, -0.05) is 0 Å². The molecule has 4 nitrogen and oxygen atoms in total. The Kier molecular flexibility index (Phi) is 5.17.